The van der Waals surface area contributed by atoms with Crippen molar-refractivity contribution >= 4 is 22.8 Å². The van der Waals surface area contributed by atoms with Gasteiger partial charge in [0.05, 0.1) is 10.5 Å². The fraction of sp³-hybridized carbons (Fsp3) is 0.462. The molecule has 1 aliphatic heterocycles. The molecule has 0 radical (unpaired) electrons. The molecule has 1 saturated heterocycles. The SMILES string of the molecule is Cn1c(=O)c(=O)n(C2CCNCC2)c2ncc(Cl)cc21. The van der Waals surface area contributed by atoms with E-state index in [9.17, 15) is 9.59 Å². The van der Waals surface area contributed by atoms with E-state index in [1.165, 1.54) is 15.3 Å². The van der Waals surface area contributed by atoms with Gasteiger partial charge in [0.1, 0.15) is 0 Å². The number of aryl methyl sites for hydroxylation is 1. The number of nitrogens with one attached hydrogen (secondary N) is 1. The minimum Gasteiger partial charge on any atom is -0.317 e. The van der Waals surface area contributed by atoms with Gasteiger partial charge in [-0.05, 0) is 32.0 Å². The summed E-state index contributed by atoms with van der Waals surface area (Å²) in [4.78, 5) is 28.7. The molecule has 0 aromatic carbocycles. The Labute approximate surface area is 120 Å². The first-order chi connectivity index (χ1) is 9.59. The van der Waals surface area contributed by atoms with Crippen LogP contribution in [-0.4, -0.2) is 27.2 Å². The number of hydrogen-bond acceptors (Lipinski definition) is 4. The highest BCUT2D eigenvalue weighted by molar-refractivity contribution is 6.31. The van der Waals surface area contributed by atoms with Crippen molar-refractivity contribution in [3.63, 3.8) is 0 Å². The summed E-state index contributed by atoms with van der Waals surface area (Å²) in [6.07, 6.45) is 3.13. The molecule has 0 aliphatic carbocycles. The molecule has 106 valence electrons. The second-order valence-corrected chi connectivity index (χ2v) is 5.45. The molecule has 2 aromatic heterocycles. The zero-order valence-electron chi connectivity index (χ0n) is 11.1. The van der Waals surface area contributed by atoms with Crippen molar-refractivity contribution in [1.29, 1.82) is 0 Å². The van der Waals surface area contributed by atoms with E-state index < -0.39 is 11.1 Å². The van der Waals surface area contributed by atoms with E-state index in [0.29, 0.717) is 16.2 Å². The largest absolute Gasteiger partial charge is 0.318 e. The highest BCUT2D eigenvalue weighted by Crippen LogP contribution is 2.21. The van der Waals surface area contributed by atoms with Crippen molar-refractivity contribution in [3.8, 4) is 0 Å². The first-order valence-corrected chi connectivity index (χ1v) is 6.95. The Kier molecular flexibility index (Phi) is 3.35. The lowest BCUT2D eigenvalue weighted by Gasteiger charge is -2.25. The minimum atomic E-state index is -0.542. The van der Waals surface area contributed by atoms with E-state index in [1.54, 1.807) is 13.1 Å². The Hall–Kier alpha value is -1.66. The number of fused-ring (bicyclic) bond motifs is 1. The van der Waals surface area contributed by atoms with Crippen LogP contribution in [0.2, 0.25) is 5.02 Å². The maximum Gasteiger partial charge on any atom is 0.318 e. The zero-order chi connectivity index (χ0) is 14.3. The van der Waals surface area contributed by atoms with Gasteiger partial charge in [-0.1, -0.05) is 11.6 Å². The molecule has 1 N–H and O–H groups in total. The molecule has 0 atom stereocenters. The average molecular weight is 295 g/mol. The van der Waals surface area contributed by atoms with Crippen LogP contribution in [0.25, 0.3) is 11.2 Å². The molecule has 0 spiro atoms. The molecular formula is C13H15ClN4O2. The lowest BCUT2D eigenvalue weighted by atomic mass is 10.1. The fourth-order valence-electron chi connectivity index (χ4n) is 2.71. The van der Waals surface area contributed by atoms with Crippen LogP contribution in [0, 0.1) is 0 Å². The van der Waals surface area contributed by atoms with Crippen LogP contribution in [0.3, 0.4) is 0 Å². The summed E-state index contributed by atoms with van der Waals surface area (Å²) in [7, 11) is 1.57. The molecule has 20 heavy (non-hydrogen) atoms. The lowest BCUT2D eigenvalue weighted by molar-refractivity contribution is 0.365. The van der Waals surface area contributed by atoms with E-state index >= 15 is 0 Å². The molecule has 0 saturated carbocycles. The smallest absolute Gasteiger partial charge is 0.317 e. The minimum absolute atomic E-state index is 0.00817. The predicted molar refractivity (Wildman–Crippen MR) is 77.4 cm³/mol. The first kappa shape index (κ1) is 13.3. The van der Waals surface area contributed by atoms with Gasteiger partial charge in [-0.15, -0.1) is 0 Å². The van der Waals surface area contributed by atoms with Crippen molar-refractivity contribution < 1.29 is 0 Å². The molecule has 3 rings (SSSR count). The van der Waals surface area contributed by atoms with Crippen LogP contribution in [0.15, 0.2) is 21.9 Å². The van der Waals surface area contributed by atoms with Gasteiger partial charge in [-0.25, -0.2) is 4.98 Å². The lowest BCUT2D eigenvalue weighted by Crippen LogP contribution is -2.44. The normalized spacial score (nSPS) is 16.7. The second-order valence-electron chi connectivity index (χ2n) is 5.02. The maximum absolute atomic E-state index is 12.3. The summed E-state index contributed by atoms with van der Waals surface area (Å²) >= 11 is 5.95. The van der Waals surface area contributed by atoms with E-state index in [4.69, 9.17) is 11.6 Å². The van der Waals surface area contributed by atoms with Crippen molar-refractivity contribution in [1.82, 2.24) is 19.4 Å². The monoisotopic (exact) mass is 294 g/mol. The molecule has 0 amide bonds. The molecule has 6 nitrogen and oxygen atoms in total. The zero-order valence-corrected chi connectivity index (χ0v) is 11.9. The predicted octanol–water partition coefficient (Wildman–Crippen LogP) is 0.673. The molecule has 1 fully saturated rings. The van der Waals surface area contributed by atoms with Crippen LogP contribution in [0.4, 0.5) is 0 Å². The number of pyridine rings is 1. The fourth-order valence-corrected chi connectivity index (χ4v) is 2.86. The average Bonchev–Trinajstić information content (AvgIpc) is 2.47. The van der Waals surface area contributed by atoms with Crippen molar-refractivity contribution in [2.24, 2.45) is 7.05 Å². The summed E-state index contributed by atoms with van der Waals surface area (Å²) in [5.74, 6) is 0. The van der Waals surface area contributed by atoms with Gasteiger partial charge in [0.25, 0.3) is 0 Å². The Morgan fingerprint density at radius 3 is 2.70 bits per heavy atom. The molecule has 1 aliphatic rings. The first-order valence-electron chi connectivity index (χ1n) is 6.57. The number of piperidine rings is 1. The van der Waals surface area contributed by atoms with Crippen LogP contribution < -0.4 is 16.4 Å². The quantitative estimate of drug-likeness (QED) is 0.785. The summed E-state index contributed by atoms with van der Waals surface area (Å²) in [6, 6.07) is 1.68. The van der Waals surface area contributed by atoms with Crippen LogP contribution in [0.5, 0.6) is 0 Å². The summed E-state index contributed by atoms with van der Waals surface area (Å²) in [6.45, 7) is 1.67. The highest BCUT2D eigenvalue weighted by atomic mass is 35.5. The number of hydrogen-bond donors (Lipinski definition) is 1. The van der Waals surface area contributed by atoms with Gasteiger partial charge < -0.3 is 9.88 Å². The third-order valence-electron chi connectivity index (χ3n) is 3.78. The Morgan fingerprint density at radius 1 is 1.30 bits per heavy atom. The van der Waals surface area contributed by atoms with E-state index in [0.717, 1.165) is 25.9 Å². The van der Waals surface area contributed by atoms with Gasteiger partial charge in [0, 0.05) is 19.3 Å². The summed E-state index contributed by atoms with van der Waals surface area (Å²) in [5.41, 5.74) is 0.0517. The maximum atomic E-state index is 12.3. The van der Waals surface area contributed by atoms with Crippen molar-refractivity contribution in [2.75, 3.05) is 13.1 Å². The molecule has 0 unspecified atom stereocenters. The second kappa shape index (κ2) is 5.03. The van der Waals surface area contributed by atoms with Crippen LogP contribution >= 0.6 is 11.6 Å². The molecule has 2 aromatic rings. The van der Waals surface area contributed by atoms with Gasteiger partial charge in [-0.2, -0.15) is 0 Å². The summed E-state index contributed by atoms with van der Waals surface area (Å²) in [5, 5.41) is 3.69. The van der Waals surface area contributed by atoms with Crippen molar-refractivity contribution in [3.05, 3.63) is 38.0 Å². The molecule has 0 bridgehead atoms. The molecule has 3 heterocycles. The number of halogens is 1. The van der Waals surface area contributed by atoms with Crippen LogP contribution in [-0.2, 0) is 7.05 Å². The van der Waals surface area contributed by atoms with Crippen LogP contribution in [0.1, 0.15) is 18.9 Å². The summed E-state index contributed by atoms with van der Waals surface area (Å²) < 4.78 is 2.85. The number of aromatic nitrogens is 3. The van der Waals surface area contributed by atoms with Gasteiger partial charge in [-0.3, -0.25) is 14.2 Å². The molecule has 7 heteroatoms. The van der Waals surface area contributed by atoms with E-state index in [2.05, 4.69) is 10.3 Å². The topological polar surface area (TPSA) is 68.9 Å². The van der Waals surface area contributed by atoms with Gasteiger partial charge in [0.15, 0.2) is 5.65 Å². The van der Waals surface area contributed by atoms with E-state index in [1.807, 2.05) is 0 Å². The van der Waals surface area contributed by atoms with Gasteiger partial charge >= 0.3 is 11.1 Å². The third-order valence-corrected chi connectivity index (χ3v) is 3.99. The Bertz CT molecular complexity index is 774. The Balaban J connectivity index is 2.35. The third kappa shape index (κ3) is 2.05. The van der Waals surface area contributed by atoms with E-state index in [-0.39, 0.29) is 6.04 Å². The van der Waals surface area contributed by atoms with Crippen molar-refractivity contribution in [2.45, 2.75) is 18.9 Å². The highest BCUT2D eigenvalue weighted by Gasteiger charge is 2.21. The molecular weight excluding hydrogens is 280 g/mol. The number of nitrogens with zero attached hydrogens (tertiary/aromatic N) is 3. The number of rotatable bonds is 1. The standard InChI is InChI=1S/C13H15ClN4O2/c1-17-10-6-8(14)7-16-11(10)18(13(20)12(17)19)9-2-4-15-5-3-9/h6-7,9,15H,2-5H2,1H3. The Morgan fingerprint density at radius 2 is 2.00 bits per heavy atom. The van der Waals surface area contributed by atoms with Gasteiger partial charge in [0.2, 0.25) is 0 Å².